The van der Waals surface area contributed by atoms with Gasteiger partial charge in [-0.05, 0) is 61.2 Å². The van der Waals surface area contributed by atoms with Crippen molar-refractivity contribution in [3.8, 4) is 5.75 Å². The highest BCUT2D eigenvalue weighted by molar-refractivity contribution is 5.80. The molecule has 0 radical (unpaired) electrons. The largest absolute Gasteiger partial charge is 0.505 e. The van der Waals surface area contributed by atoms with Crippen LogP contribution >= 0.6 is 0 Å². The number of aromatic nitrogens is 1. The van der Waals surface area contributed by atoms with Gasteiger partial charge in [0.05, 0.1) is 17.9 Å². The minimum Gasteiger partial charge on any atom is -0.505 e. The first-order valence-electron chi connectivity index (χ1n) is 8.51. The highest BCUT2D eigenvalue weighted by Gasteiger charge is 2.21. The first-order valence-corrected chi connectivity index (χ1v) is 8.51. The van der Waals surface area contributed by atoms with Gasteiger partial charge >= 0.3 is 0 Å². The molecular weight excluding hydrogens is 333 g/mol. The maximum Gasteiger partial charge on any atom is 0.165 e. The van der Waals surface area contributed by atoms with Crippen LogP contribution in [-0.4, -0.2) is 32.5 Å². The quantitative estimate of drug-likeness (QED) is 0.629. The van der Waals surface area contributed by atoms with Gasteiger partial charge in [-0.2, -0.15) is 0 Å². The van der Waals surface area contributed by atoms with E-state index in [0.29, 0.717) is 18.4 Å². The molecule has 5 heteroatoms. The van der Waals surface area contributed by atoms with Gasteiger partial charge in [-0.25, -0.2) is 4.39 Å². The second-order valence-corrected chi connectivity index (χ2v) is 6.26. The summed E-state index contributed by atoms with van der Waals surface area (Å²) in [6.45, 7) is 5.28. The minimum absolute atomic E-state index is 0.393. The third-order valence-electron chi connectivity index (χ3n) is 4.29. The molecule has 2 aromatic rings. The van der Waals surface area contributed by atoms with Crippen molar-refractivity contribution in [2.75, 3.05) is 0 Å². The molecule has 0 fully saturated rings. The Hall–Kier alpha value is -2.50. The summed E-state index contributed by atoms with van der Waals surface area (Å²) in [5.74, 6) is -1.52. The number of benzene rings is 1. The number of rotatable bonds is 8. The van der Waals surface area contributed by atoms with Crippen LogP contribution in [0.15, 0.2) is 55.3 Å². The molecule has 3 N–H and O–H groups in total. The Kier molecular flexibility index (Phi) is 7.06. The van der Waals surface area contributed by atoms with Crippen LogP contribution in [0.25, 0.3) is 11.6 Å². The Labute approximate surface area is 153 Å². The highest BCUT2D eigenvalue weighted by atomic mass is 19.1. The van der Waals surface area contributed by atoms with E-state index >= 15 is 0 Å². The van der Waals surface area contributed by atoms with E-state index in [9.17, 15) is 19.7 Å². The number of phenols is 1. The molecule has 0 aliphatic carbocycles. The molecule has 0 bridgehead atoms. The predicted molar refractivity (Wildman–Crippen MR) is 101 cm³/mol. The van der Waals surface area contributed by atoms with Crippen molar-refractivity contribution in [2.24, 2.45) is 5.92 Å². The SMILES string of the molecule is C=C[C@H]([C@H](O)CC/C(=C/c1ccc(O)c(F)c1)c1ccccn1)[C@@H](C)O. The number of pyridine rings is 1. The first-order chi connectivity index (χ1) is 12.4. The molecule has 0 saturated heterocycles. The van der Waals surface area contributed by atoms with E-state index in [1.54, 1.807) is 37.4 Å². The maximum absolute atomic E-state index is 13.6. The van der Waals surface area contributed by atoms with Gasteiger partial charge in [0, 0.05) is 12.1 Å². The van der Waals surface area contributed by atoms with Gasteiger partial charge in [-0.3, -0.25) is 4.98 Å². The molecule has 2 rings (SSSR count). The molecule has 3 atom stereocenters. The number of hydrogen-bond acceptors (Lipinski definition) is 4. The van der Waals surface area contributed by atoms with Crippen LogP contribution in [0.5, 0.6) is 5.75 Å². The number of allylic oxidation sites excluding steroid dienone is 1. The average molecular weight is 357 g/mol. The fourth-order valence-electron chi connectivity index (χ4n) is 2.81. The van der Waals surface area contributed by atoms with Crippen LogP contribution in [0.3, 0.4) is 0 Å². The van der Waals surface area contributed by atoms with E-state index in [0.717, 1.165) is 11.3 Å². The summed E-state index contributed by atoms with van der Waals surface area (Å²) in [6, 6.07) is 9.66. The van der Waals surface area contributed by atoms with Crippen LogP contribution in [0.2, 0.25) is 0 Å². The molecule has 26 heavy (non-hydrogen) atoms. The first kappa shape index (κ1) is 19.8. The zero-order chi connectivity index (χ0) is 19.1. The fourth-order valence-corrected chi connectivity index (χ4v) is 2.81. The molecule has 4 nitrogen and oxygen atoms in total. The summed E-state index contributed by atoms with van der Waals surface area (Å²) in [4.78, 5) is 4.33. The lowest BCUT2D eigenvalue weighted by atomic mass is 9.91. The van der Waals surface area contributed by atoms with E-state index in [1.807, 2.05) is 12.1 Å². The summed E-state index contributed by atoms with van der Waals surface area (Å²) in [6.07, 6.45) is 4.42. The van der Waals surface area contributed by atoms with Crippen molar-refractivity contribution in [1.29, 1.82) is 0 Å². The fraction of sp³-hybridized carbons (Fsp3) is 0.286. The summed E-state index contributed by atoms with van der Waals surface area (Å²) in [5, 5.41) is 29.4. The van der Waals surface area contributed by atoms with E-state index < -0.39 is 29.7 Å². The summed E-state index contributed by atoms with van der Waals surface area (Å²) < 4.78 is 13.6. The number of aliphatic hydroxyl groups is 2. The van der Waals surface area contributed by atoms with Crippen LogP contribution in [0, 0.1) is 11.7 Å². The Morgan fingerprint density at radius 1 is 1.27 bits per heavy atom. The van der Waals surface area contributed by atoms with E-state index in [2.05, 4.69) is 11.6 Å². The molecular formula is C21H24FNO3. The van der Waals surface area contributed by atoms with Gasteiger partial charge in [0.1, 0.15) is 0 Å². The lowest BCUT2D eigenvalue weighted by molar-refractivity contribution is 0.0429. The molecule has 138 valence electrons. The topological polar surface area (TPSA) is 73.6 Å². The van der Waals surface area contributed by atoms with E-state index in [-0.39, 0.29) is 0 Å². The maximum atomic E-state index is 13.6. The van der Waals surface area contributed by atoms with Crippen molar-refractivity contribution >= 4 is 11.6 Å². The van der Waals surface area contributed by atoms with E-state index in [1.165, 1.54) is 12.1 Å². The Morgan fingerprint density at radius 2 is 2.04 bits per heavy atom. The van der Waals surface area contributed by atoms with Crippen LogP contribution < -0.4 is 0 Å². The van der Waals surface area contributed by atoms with Crippen molar-refractivity contribution in [2.45, 2.75) is 32.0 Å². The number of phenolic OH excluding ortho intramolecular Hbond substituents is 1. The summed E-state index contributed by atoms with van der Waals surface area (Å²) in [7, 11) is 0. The predicted octanol–water partition coefficient (Wildman–Crippen LogP) is 3.79. The zero-order valence-electron chi connectivity index (χ0n) is 14.7. The van der Waals surface area contributed by atoms with Gasteiger partial charge in [-0.15, -0.1) is 6.58 Å². The number of aromatic hydroxyl groups is 1. The Bertz CT molecular complexity index is 759. The summed E-state index contributed by atoms with van der Waals surface area (Å²) in [5.41, 5.74) is 2.13. The van der Waals surface area contributed by atoms with Gasteiger partial charge in [0.25, 0.3) is 0 Å². The normalized spacial score (nSPS) is 15.3. The average Bonchev–Trinajstić information content (AvgIpc) is 2.62. The van der Waals surface area contributed by atoms with Crippen molar-refractivity contribution in [3.63, 3.8) is 0 Å². The molecule has 0 unspecified atom stereocenters. The van der Waals surface area contributed by atoms with Crippen molar-refractivity contribution in [3.05, 3.63) is 72.3 Å². The van der Waals surface area contributed by atoms with Gasteiger partial charge in [0.2, 0.25) is 0 Å². The zero-order valence-corrected chi connectivity index (χ0v) is 14.7. The molecule has 0 spiro atoms. The molecule has 0 amide bonds. The standard InChI is InChI=1S/C21H24FNO3/c1-3-17(14(2)24)20(25)10-8-16(19-6-4-5-11-23-19)12-15-7-9-21(26)18(22)13-15/h3-7,9,11-14,17,20,24-26H,1,8,10H2,2H3/b16-12-/t14-,17+,20-/m1/s1. The molecule has 1 aromatic heterocycles. The second-order valence-electron chi connectivity index (χ2n) is 6.26. The van der Waals surface area contributed by atoms with E-state index in [4.69, 9.17) is 0 Å². The molecule has 0 aliphatic heterocycles. The van der Waals surface area contributed by atoms with Crippen LogP contribution in [-0.2, 0) is 0 Å². The van der Waals surface area contributed by atoms with Gasteiger partial charge in [0.15, 0.2) is 11.6 Å². The summed E-state index contributed by atoms with van der Waals surface area (Å²) >= 11 is 0. The van der Waals surface area contributed by atoms with Crippen molar-refractivity contribution in [1.82, 2.24) is 4.98 Å². The Balaban J connectivity index is 2.26. The third kappa shape index (κ3) is 5.25. The number of aliphatic hydroxyl groups excluding tert-OH is 2. The monoisotopic (exact) mass is 357 g/mol. The smallest absolute Gasteiger partial charge is 0.165 e. The third-order valence-corrected chi connectivity index (χ3v) is 4.29. The number of halogens is 1. The lowest BCUT2D eigenvalue weighted by Gasteiger charge is -2.22. The molecule has 0 aliphatic rings. The van der Waals surface area contributed by atoms with Gasteiger partial charge in [-0.1, -0.05) is 18.2 Å². The lowest BCUT2D eigenvalue weighted by Crippen LogP contribution is -2.28. The highest BCUT2D eigenvalue weighted by Crippen LogP contribution is 2.26. The van der Waals surface area contributed by atoms with Crippen LogP contribution in [0.1, 0.15) is 31.0 Å². The van der Waals surface area contributed by atoms with Crippen LogP contribution in [0.4, 0.5) is 4.39 Å². The van der Waals surface area contributed by atoms with Gasteiger partial charge < -0.3 is 15.3 Å². The second kappa shape index (κ2) is 9.27. The molecule has 1 heterocycles. The minimum atomic E-state index is -0.754. The number of hydrogen-bond donors (Lipinski definition) is 3. The Morgan fingerprint density at radius 3 is 2.62 bits per heavy atom. The number of nitrogens with zero attached hydrogens (tertiary/aromatic N) is 1. The molecule has 1 aromatic carbocycles. The van der Waals surface area contributed by atoms with Crippen molar-refractivity contribution < 1.29 is 19.7 Å². The molecule has 0 saturated carbocycles.